The molecule has 136 valence electrons. The summed E-state index contributed by atoms with van der Waals surface area (Å²) in [5.74, 6) is 0.776. The highest BCUT2D eigenvalue weighted by molar-refractivity contribution is 5.81. The lowest BCUT2D eigenvalue weighted by molar-refractivity contribution is 0.119. The fourth-order valence-electron chi connectivity index (χ4n) is 3.44. The van der Waals surface area contributed by atoms with Crippen molar-refractivity contribution in [1.29, 1.82) is 0 Å². The first-order valence-corrected chi connectivity index (χ1v) is 9.25. The van der Waals surface area contributed by atoms with Gasteiger partial charge in [0.05, 0.1) is 6.61 Å². The van der Waals surface area contributed by atoms with E-state index in [0.29, 0.717) is 13.0 Å². The third-order valence-electron chi connectivity index (χ3n) is 4.80. The van der Waals surface area contributed by atoms with Gasteiger partial charge in [-0.3, -0.25) is 0 Å². The van der Waals surface area contributed by atoms with Crippen molar-refractivity contribution in [2.24, 2.45) is 4.99 Å². The van der Waals surface area contributed by atoms with Gasteiger partial charge in [-0.15, -0.1) is 0 Å². The first-order valence-electron chi connectivity index (χ1n) is 9.25. The molecule has 3 aromatic carbocycles. The fraction of sp³-hybridized carbons (Fsp3) is 0.208. The molecule has 0 bridgehead atoms. The van der Waals surface area contributed by atoms with Gasteiger partial charge in [0.2, 0.25) is 0 Å². The predicted octanol–water partition coefficient (Wildman–Crippen LogP) is 5.08. The second-order valence-electron chi connectivity index (χ2n) is 6.73. The molecule has 3 aromatic rings. The zero-order valence-electron chi connectivity index (χ0n) is 15.4. The van der Waals surface area contributed by atoms with Gasteiger partial charge < -0.3 is 9.47 Å². The van der Waals surface area contributed by atoms with Gasteiger partial charge in [0.15, 0.2) is 5.90 Å². The van der Waals surface area contributed by atoms with E-state index in [4.69, 9.17) is 14.5 Å². The molecule has 0 N–H and O–H groups in total. The van der Waals surface area contributed by atoms with Crippen LogP contribution in [0.4, 0.5) is 0 Å². The van der Waals surface area contributed by atoms with E-state index in [9.17, 15) is 0 Å². The topological polar surface area (TPSA) is 30.8 Å². The zero-order chi connectivity index (χ0) is 18.5. The molecule has 0 radical (unpaired) electrons. The molecule has 0 amide bonds. The Bertz CT molecular complexity index is 889. The smallest absolute Gasteiger partial charge is 0.189 e. The Kier molecular flexibility index (Phi) is 5.31. The number of hydrogen-bond acceptors (Lipinski definition) is 3. The minimum atomic E-state index is -0.0789. The second-order valence-corrected chi connectivity index (χ2v) is 6.73. The third-order valence-corrected chi connectivity index (χ3v) is 4.80. The van der Waals surface area contributed by atoms with Crippen molar-refractivity contribution >= 4 is 5.90 Å². The first-order chi connectivity index (χ1) is 13.3. The molecule has 0 saturated carbocycles. The molecule has 0 saturated heterocycles. The monoisotopic (exact) mass is 357 g/mol. The van der Waals surface area contributed by atoms with Crippen LogP contribution in [0.2, 0.25) is 0 Å². The highest BCUT2D eigenvalue weighted by atomic mass is 16.5. The molecule has 0 unspecified atom stereocenters. The molecule has 0 aromatic heterocycles. The van der Waals surface area contributed by atoms with Crippen LogP contribution in [0, 0.1) is 0 Å². The molecule has 27 heavy (non-hydrogen) atoms. The maximum absolute atomic E-state index is 6.20. The first kappa shape index (κ1) is 17.5. The lowest BCUT2D eigenvalue weighted by atomic mass is 10.0. The number of nitrogens with zero attached hydrogens (tertiary/aromatic N) is 1. The van der Waals surface area contributed by atoms with Crippen molar-refractivity contribution in [3.63, 3.8) is 0 Å². The van der Waals surface area contributed by atoms with Crippen molar-refractivity contribution in [3.8, 4) is 11.1 Å². The Labute approximate surface area is 160 Å². The van der Waals surface area contributed by atoms with Crippen molar-refractivity contribution < 1.29 is 9.47 Å². The van der Waals surface area contributed by atoms with Crippen molar-refractivity contribution in [2.75, 3.05) is 13.7 Å². The van der Waals surface area contributed by atoms with Crippen LogP contribution in [0.15, 0.2) is 89.9 Å². The van der Waals surface area contributed by atoms with E-state index in [2.05, 4.69) is 60.7 Å². The summed E-state index contributed by atoms with van der Waals surface area (Å²) in [6, 6.07) is 29.2. The summed E-state index contributed by atoms with van der Waals surface area (Å²) in [6.45, 7) is 0.552. The van der Waals surface area contributed by atoms with Gasteiger partial charge in [0.1, 0.15) is 12.1 Å². The zero-order valence-corrected chi connectivity index (χ0v) is 15.4. The van der Waals surface area contributed by atoms with Crippen LogP contribution in [-0.4, -0.2) is 25.7 Å². The van der Waals surface area contributed by atoms with E-state index < -0.39 is 0 Å². The normalized spacial score (nSPS) is 18.8. The summed E-state index contributed by atoms with van der Waals surface area (Å²) < 4.78 is 11.6. The number of hydrogen-bond donors (Lipinski definition) is 0. The number of methoxy groups -OCH3 is 1. The van der Waals surface area contributed by atoms with Crippen LogP contribution in [0.3, 0.4) is 0 Å². The lowest BCUT2D eigenvalue weighted by Crippen LogP contribution is -2.19. The van der Waals surface area contributed by atoms with E-state index in [-0.39, 0.29) is 12.1 Å². The minimum Gasteiger partial charge on any atom is -0.470 e. The summed E-state index contributed by atoms with van der Waals surface area (Å²) in [5.41, 5.74) is 4.77. The number of benzene rings is 3. The number of rotatable bonds is 6. The molecule has 4 rings (SSSR count). The second kappa shape index (κ2) is 8.19. The molecule has 0 aliphatic carbocycles. The van der Waals surface area contributed by atoms with Gasteiger partial charge in [0, 0.05) is 13.5 Å². The lowest BCUT2D eigenvalue weighted by Gasteiger charge is -2.17. The van der Waals surface area contributed by atoms with E-state index in [0.717, 1.165) is 11.5 Å². The predicted molar refractivity (Wildman–Crippen MR) is 109 cm³/mol. The fourth-order valence-corrected chi connectivity index (χ4v) is 3.44. The highest BCUT2D eigenvalue weighted by Gasteiger charge is 2.32. The molecule has 0 fully saturated rings. The largest absolute Gasteiger partial charge is 0.470 e. The van der Waals surface area contributed by atoms with Gasteiger partial charge >= 0.3 is 0 Å². The summed E-state index contributed by atoms with van der Waals surface area (Å²) in [4.78, 5) is 4.78. The Hall–Kier alpha value is -2.91. The minimum absolute atomic E-state index is 0.00371. The van der Waals surface area contributed by atoms with Gasteiger partial charge in [-0.1, -0.05) is 84.9 Å². The molecule has 1 aliphatic heterocycles. The summed E-state index contributed by atoms with van der Waals surface area (Å²) >= 11 is 0. The molecule has 2 atom stereocenters. The SMILES string of the molecule is COC[C@@H]1N=C(Cc2ccc(-c3ccccc3)cc2)O[C@H]1c1ccccc1. The van der Waals surface area contributed by atoms with Crippen LogP contribution in [0.25, 0.3) is 11.1 Å². The maximum Gasteiger partial charge on any atom is 0.189 e. The Morgan fingerprint density at radius 1 is 0.815 bits per heavy atom. The molecular formula is C24H23NO2. The van der Waals surface area contributed by atoms with Crippen LogP contribution in [-0.2, 0) is 15.9 Å². The van der Waals surface area contributed by atoms with Crippen molar-refractivity contribution in [1.82, 2.24) is 0 Å². The summed E-state index contributed by atoms with van der Waals surface area (Å²) in [6.07, 6.45) is 0.614. The average Bonchev–Trinajstić information content (AvgIpc) is 3.12. The molecular weight excluding hydrogens is 334 g/mol. The van der Waals surface area contributed by atoms with Crippen LogP contribution < -0.4 is 0 Å². The van der Waals surface area contributed by atoms with Gasteiger partial charge in [-0.2, -0.15) is 0 Å². The average molecular weight is 357 g/mol. The van der Waals surface area contributed by atoms with Gasteiger partial charge in [-0.05, 0) is 22.3 Å². The third kappa shape index (κ3) is 4.09. The Morgan fingerprint density at radius 3 is 2.11 bits per heavy atom. The Balaban J connectivity index is 1.48. The van der Waals surface area contributed by atoms with Gasteiger partial charge in [-0.25, -0.2) is 4.99 Å². The standard InChI is InChI=1S/C24H23NO2/c1-26-17-22-24(21-10-6-3-7-11-21)27-23(25-22)16-18-12-14-20(15-13-18)19-8-4-2-5-9-19/h2-15,22,24H,16-17H2,1H3/t22-,24-/m0/s1. The van der Waals surface area contributed by atoms with E-state index in [1.807, 2.05) is 24.3 Å². The number of aliphatic imine (C=N–C) groups is 1. The maximum atomic E-state index is 6.20. The van der Waals surface area contributed by atoms with Crippen molar-refractivity contribution in [2.45, 2.75) is 18.6 Å². The van der Waals surface area contributed by atoms with Crippen molar-refractivity contribution in [3.05, 3.63) is 96.1 Å². The van der Waals surface area contributed by atoms with Gasteiger partial charge in [0.25, 0.3) is 0 Å². The van der Waals surface area contributed by atoms with E-state index in [1.165, 1.54) is 16.7 Å². The number of ether oxygens (including phenoxy) is 2. The quantitative estimate of drug-likeness (QED) is 0.616. The van der Waals surface area contributed by atoms with E-state index >= 15 is 0 Å². The Morgan fingerprint density at radius 2 is 1.44 bits per heavy atom. The molecule has 3 nitrogen and oxygen atoms in total. The molecule has 1 heterocycles. The molecule has 0 spiro atoms. The highest BCUT2D eigenvalue weighted by Crippen LogP contribution is 2.30. The summed E-state index contributed by atoms with van der Waals surface area (Å²) in [5, 5.41) is 0. The van der Waals surface area contributed by atoms with Crippen LogP contribution in [0.5, 0.6) is 0 Å². The van der Waals surface area contributed by atoms with Crippen LogP contribution >= 0.6 is 0 Å². The molecule has 1 aliphatic rings. The van der Waals surface area contributed by atoms with E-state index in [1.54, 1.807) is 7.11 Å². The summed E-state index contributed by atoms with van der Waals surface area (Å²) in [7, 11) is 1.71. The molecule has 3 heteroatoms. The van der Waals surface area contributed by atoms with Crippen LogP contribution in [0.1, 0.15) is 17.2 Å².